The van der Waals surface area contributed by atoms with Gasteiger partial charge in [-0.15, -0.1) is 11.8 Å². The molecule has 1 aromatic rings. The van der Waals surface area contributed by atoms with Crippen LogP contribution in [0.3, 0.4) is 0 Å². The van der Waals surface area contributed by atoms with E-state index in [9.17, 15) is 9.59 Å². The first-order valence-electron chi connectivity index (χ1n) is 5.77. The monoisotopic (exact) mass is 265 g/mol. The molecule has 4 nitrogen and oxygen atoms in total. The smallest absolute Gasteiger partial charge is 0.327 e. The van der Waals surface area contributed by atoms with E-state index in [1.54, 1.807) is 0 Å². The summed E-state index contributed by atoms with van der Waals surface area (Å²) in [7, 11) is 0. The van der Waals surface area contributed by atoms with Gasteiger partial charge < -0.3 is 10.0 Å². The number of carbonyl (C=O) groups excluding carboxylic acids is 1. The third-order valence-corrected chi connectivity index (χ3v) is 4.13. The van der Waals surface area contributed by atoms with Crippen molar-refractivity contribution in [3.05, 3.63) is 35.9 Å². The number of benzene rings is 1. The van der Waals surface area contributed by atoms with Gasteiger partial charge in [0.2, 0.25) is 5.91 Å². The number of thioether (sulfide) groups is 1. The topological polar surface area (TPSA) is 57.6 Å². The van der Waals surface area contributed by atoms with Crippen LogP contribution < -0.4 is 0 Å². The van der Waals surface area contributed by atoms with Gasteiger partial charge in [-0.3, -0.25) is 4.79 Å². The number of hydrogen-bond acceptors (Lipinski definition) is 3. The van der Waals surface area contributed by atoms with E-state index in [0.29, 0.717) is 11.6 Å². The van der Waals surface area contributed by atoms with Crippen LogP contribution in [0, 0.1) is 0 Å². The molecule has 2 atom stereocenters. The fourth-order valence-electron chi connectivity index (χ4n) is 2.00. The number of nitrogens with zero attached hydrogens (tertiary/aromatic N) is 1. The normalized spacial score (nSPS) is 20.7. The third-order valence-electron chi connectivity index (χ3n) is 3.12. The second-order valence-corrected chi connectivity index (χ2v) is 5.29. The van der Waals surface area contributed by atoms with Crippen molar-refractivity contribution in [1.82, 2.24) is 4.90 Å². The highest BCUT2D eigenvalue weighted by molar-refractivity contribution is 7.99. The van der Waals surface area contributed by atoms with Crippen molar-refractivity contribution in [2.45, 2.75) is 18.9 Å². The Bertz CT molecular complexity index is 449. The zero-order chi connectivity index (χ0) is 13.1. The molecule has 1 aliphatic heterocycles. The van der Waals surface area contributed by atoms with E-state index in [2.05, 4.69) is 0 Å². The lowest BCUT2D eigenvalue weighted by Gasteiger charge is -2.24. The van der Waals surface area contributed by atoms with Gasteiger partial charge in [-0.1, -0.05) is 30.3 Å². The number of hydrogen-bond donors (Lipinski definition) is 1. The van der Waals surface area contributed by atoms with Gasteiger partial charge in [0.15, 0.2) is 0 Å². The van der Waals surface area contributed by atoms with Crippen LogP contribution in [0.1, 0.15) is 18.4 Å². The van der Waals surface area contributed by atoms with Gasteiger partial charge in [0.05, 0.1) is 11.8 Å². The Morgan fingerprint density at radius 2 is 2.06 bits per heavy atom. The number of carboxylic acids is 1. The second-order valence-electron chi connectivity index (χ2n) is 4.29. The van der Waals surface area contributed by atoms with Crippen molar-refractivity contribution in [3.8, 4) is 0 Å². The zero-order valence-electron chi connectivity index (χ0n) is 10.1. The molecule has 0 spiro atoms. The van der Waals surface area contributed by atoms with E-state index in [4.69, 9.17) is 5.11 Å². The summed E-state index contributed by atoms with van der Waals surface area (Å²) in [6, 6.07) is 8.75. The second kappa shape index (κ2) is 5.44. The zero-order valence-corrected chi connectivity index (χ0v) is 10.9. The van der Waals surface area contributed by atoms with E-state index >= 15 is 0 Å². The minimum atomic E-state index is -0.923. The maximum atomic E-state index is 12.3. The van der Waals surface area contributed by atoms with Crippen molar-refractivity contribution < 1.29 is 14.7 Å². The first kappa shape index (κ1) is 13.0. The molecule has 2 rings (SSSR count). The summed E-state index contributed by atoms with van der Waals surface area (Å²) in [5.41, 5.74) is 0.920. The molecule has 1 aromatic carbocycles. The summed E-state index contributed by atoms with van der Waals surface area (Å²) in [6.07, 6.45) is 0. The molecule has 0 aromatic heterocycles. The van der Waals surface area contributed by atoms with Crippen molar-refractivity contribution in [2.75, 3.05) is 11.6 Å². The predicted molar refractivity (Wildman–Crippen MR) is 70.5 cm³/mol. The van der Waals surface area contributed by atoms with Crippen LogP contribution in [-0.2, 0) is 9.59 Å². The van der Waals surface area contributed by atoms with Crippen LogP contribution in [0.5, 0.6) is 0 Å². The molecule has 1 amide bonds. The summed E-state index contributed by atoms with van der Waals surface area (Å²) in [5, 5.41) is 9.08. The van der Waals surface area contributed by atoms with E-state index < -0.39 is 12.0 Å². The Kier molecular flexibility index (Phi) is 3.91. The number of carboxylic acid groups (broad SMARTS) is 1. The standard InChI is InChI=1S/C13H15NO3S/c1-9(10-5-3-2-4-6-10)12(15)14-8-18-7-11(14)13(16)17/h2-6,9,11H,7-8H2,1H3,(H,16,17)/t9?,11-/m0/s1. The van der Waals surface area contributed by atoms with Crippen LogP contribution >= 0.6 is 11.8 Å². The van der Waals surface area contributed by atoms with Crippen LogP contribution in [-0.4, -0.2) is 39.6 Å². The summed E-state index contributed by atoms with van der Waals surface area (Å²) in [4.78, 5) is 24.8. The van der Waals surface area contributed by atoms with Gasteiger partial charge in [-0.05, 0) is 12.5 Å². The van der Waals surface area contributed by atoms with Crippen molar-refractivity contribution >= 4 is 23.6 Å². The molecule has 1 unspecified atom stereocenters. The quantitative estimate of drug-likeness (QED) is 0.905. The lowest BCUT2D eigenvalue weighted by Crippen LogP contribution is -2.43. The summed E-state index contributed by atoms with van der Waals surface area (Å²) in [5.74, 6) is -0.394. The minimum absolute atomic E-state index is 0.112. The SMILES string of the molecule is CC(C(=O)N1CSC[C@H]1C(=O)O)c1ccccc1. The Hall–Kier alpha value is -1.49. The highest BCUT2D eigenvalue weighted by Crippen LogP contribution is 2.26. The first-order valence-corrected chi connectivity index (χ1v) is 6.92. The molecular weight excluding hydrogens is 250 g/mol. The molecule has 5 heteroatoms. The highest BCUT2D eigenvalue weighted by Gasteiger charge is 2.36. The van der Waals surface area contributed by atoms with Gasteiger partial charge >= 0.3 is 5.97 Å². The molecule has 0 aliphatic carbocycles. The molecule has 96 valence electrons. The van der Waals surface area contributed by atoms with E-state index in [1.165, 1.54) is 16.7 Å². The van der Waals surface area contributed by atoms with E-state index in [0.717, 1.165) is 5.56 Å². The maximum absolute atomic E-state index is 12.3. The third kappa shape index (κ3) is 2.51. The summed E-state index contributed by atoms with van der Waals surface area (Å²) >= 11 is 1.48. The minimum Gasteiger partial charge on any atom is -0.480 e. The first-order chi connectivity index (χ1) is 8.61. The molecule has 0 bridgehead atoms. The average Bonchev–Trinajstić information content (AvgIpc) is 2.87. The maximum Gasteiger partial charge on any atom is 0.327 e. The molecule has 1 saturated heterocycles. The number of carbonyl (C=O) groups is 2. The number of aliphatic carboxylic acids is 1. The number of rotatable bonds is 3. The molecule has 1 N–H and O–H groups in total. The van der Waals surface area contributed by atoms with Gasteiger partial charge in [0, 0.05) is 5.75 Å². The Labute approximate surface area is 110 Å². The average molecular weight is 265 g/mol. The molecule has 0 saturated carbocycles. The predicted octanol–water partition coefficient (Wildman–Crippen LogP) is 1.78. The van der Waals surface area contributed by atoms with Crippen LogP contribution in [0.15, 0.2) is 30.3 Å². The largest absolute Gasteiger partial charge is 0.480 e. The fourth-order valence-corrected chi connectivity index (χ4v) is 3.15. The van der Waals surface area contributed by atoms with E-state index in [-0.39, 0.29) is 11.8 Å². The lowest BCUT2D eigenvalue weighted by molar-refractivity contribution is -0.148. The van der Waals surface area contributed by atoms with Gasteiger partial charge in [0.25, 0.3) is 0 Å². The fraction of sp³-hybridized carbons (Fsp3) is 0.385. The molecule has 0 radical (unpaired) electrons. The Morgan fingerprint density at radius 1 is 1.39 bits per heavy atom. The summed E-state index contributed by atoms with van der Waals surface area (Å²) < 4.78 is 0. The van der Waals surface area contributed by atoms with Crippen molar-refractivity contribution in [2.24, 2.45) is 0 Å². The molecule has 1 aliphatic rings. The van der Waals surface area contributed by atoms with E-state index in [1.807, 2.05) is 37.3 Å². The Morgan fingerprint density at radius 3 is 2.67 bits per heavy atom. The molecule has 1 fully saturated rings. The molecule has 18 heavy (non-hydrogen) atoms. The molecule has 1 heterocycles. The van der Waals surface area contributed by atoms with Crippen LogP contribution in [0.25, 0.3) is 0 Å². The van der Waals surface area contributed by atoms with Crippen molar-refractivity contribution in [1.29, 1.82) is 0 Å². The number of amides is 1. The van der Waals surface area contributed by atoms with Gasteiger partial charge in [0.1, 0.15) is 6.04 Å². The van der Waals surface area contributed by atoms with Crippen molar-refractivity contribution in [3.63, 3.8) is 0 Å². The Balaban J connectivity index is 2.14. The molecular formula is C13H15NO3S. The highest BCUT2D eigenvalue weighted by atomic mass is 32.2. The lowest BCUT2D eigenvalue weighted by atomic mass is 9.99. The van der Waals surface area contributed by atoms with Gasteiger partial charge in [-0.25, -0.2) is 4.79 Å². The summed E-state index contributed by atoms with van der Waals surface area (Å²) in [6.45, 7) is 1.82. The van der Waals surface area contributed by atoms with Gasteiger partial charge in [-0.2, -0.15) is 0 Å². The van der Waals surface area contributed by atoms with Crippen LogP contribution in [0.4, 0.5) is 0 Å². The van der Waals surface area contributed by atoms with Crippen LogP contribution in [0.2, 0.25) is 0 Å².